The molecule has 0 bridgehead atoms. The van der Waals surface area contributed by atoms with Gasteiger partial charge in [0.05, 0.1) is 25.4 Å². The maximum atomic E-state index is 10.4. The summed E-state index contributed by atoms with van der Waals surface area (Å²) in [6.45, 7) is 3.08. The molecule has 0 spiro atoms. The minimum Gasteiger partial charge on any atom is -0.390 e. The summed E-state index contributed by atoms with van der Waals surface area (Å²) in [7, 11) is 4.28. The van der Waals surface area contributed by atoms with Crippen LogP contribution in [0, 0.1) is 11.8 Å². The Morgan fingerprint density at radius 1 is 0.926 bits per heavy atom. The van der Waals surface area contributed by atoms with Crippen molar-refractivity contribution in [3.05, 3.63) is 0 Å². The minimum atomic E-state index is -3.71. The molecular weight excluding hydrogens is 396 g/mol. The molecule has 2 aliphatic heterocycles. The van der Waals surface area contributed by atoms with Crippen molar-refractivity contribution in [1.82, 2.24) is 0 Å². The van der Waals surface area contributed by atoms with Gasteiger partial charge in [0.15, 0.2) is 0 Å². The SMILES string of the molecule is [B]C1OC(COP(=C)(O)OC2C(COP(=C)(O)O)OC([B])C2C)C(O)C1C. The number of ether oxygens (including phenoxy) is 2. The number of rotatable bonds is 8. The highest BCUT2D eigenvalue weighted by Crippen LogP contribution is 2.49. The van der Waals surface area contributed by atoms with Crippen molar-refractivity contribution in [2.45, 2.75) is 50.3 Å². The molecule has 2 aliphatic rings. The van der Waals surface area contributed by atoms with Gasteiger partial charge in [-0.05, 0) is 12.6 Å². The lowest BCUT2D eigenvalue weighted by Crippen LogP contribution is -2.33. The molecule has 9 unspecified atom stereocenters. The van der Waals surface area contributed by atoms with Crippen molar-refractivity contribution >= 4 is 43.4 Å². The highest BCUT2D eigenvalue weighted by atomic mass is 31.2. The van der Waals surface area contributed by atoms with Crippen LogP contribution in [0.1, 0.15) is 13.8 Å². The Labute approximate surface area is 162 Å². The molecule has 0 aliphatic carbocycles. The van der Waals surface area contributed by atoms with Crippen LogP contribution in [0.2, 0.25) is 0 Å². The first-order valence-electron chi connectivity index (χ1n) is 8.43. The molecule has 9 atom stereocenters. The van der Waals surface area contributed by atoms with Crippen LogP contribution < -0.4 is 0 Å². The van der Waals surface area contributed by atoms with Crippen molar-refractivity contribution in [1.29, 1.82) is 0 Å². The molecule has 0 aromatic rings. The standard InChI is InChI=1S/C14H26B2O9P2/c1-7-11(17)9(23-13(7)15)5-22-27(4,20)25-12-8(2)14(16)24-10(12)6-21-26(3,18)19/h7-14,17-20H,3-6H2,1-2H3. The van der Waals surface area contributed by atoms with Crippen LogP contribution in [0.5, 0.6) is 0 Å². The number of aliphatic hydroxyl groups is 1. The van der Waals surface area contributed by atoms with Crippen molar-refractivity contribution < 1.29 is 42.8 Å². The molecule has 2 fully saturated rings. The molecule has 27 heavy (non-hydrogen) atoms. The third kappa shape index (κ3) is 6.43. The van der Waals surface area contributed by atoms with Crippen LogP contribution in [0.25, 0.3) is 0 Å². The summed E-state index contributed by atoms with van der Waals surface area (Å²) in [5.74, 6) is -0.631. The van der Waals surface area contributed by atoms with Gasteiger partial charge >= 0.3 is 0 Å². The zero-order chi connectivity index (χ0) is 20.6. The minimum absolute atomic E-state index is 0.164. The molecule has 13 heteroatoms. The molecule has 4 N–H and O–H groups in total. The van der Waals surface area contributed by atoms with Gasteiger partial charge in [-0.3, -0.25) is 0 Å². The van der Waals surface area contributed by atoms with Crippen LogP contribution in [0.3, 0.4) is 0 Å². The Morgan fingerprint density at radius 2 is 1.44 bits per heavy atom. The highest BCUT2D eigenvalue weighted by Gasteiger charge is 2.44. The van der Waals surface area contributed by atoms with Crippen LogP contribution in [-0.2, 0) is 23.0 Å². The van der Waals surface area contributed by atoms with Crippen molar-refractivity contribution in [2.24, 2.45) is 11.8 Å². The van der Waals surface area contributed by atoms with E-state index >= 15 is 0 Å². The fourth-order valence-corrected chi connectivity index (χ4v) is 4.44. The first kappa shape index (κ1) is 23.6. The summed E-state index contributed by atoms with van der Waals surface area (Å²) in [4.78, 5) is 29.0. The molecule has 0 amide bonds. The quantitative estimate of drug-likeness (QED) is 0.294. The van der Waals surface area contributed by atoms with E-state index in [1.54, 1.807) is 13.8 Å². The van der Waals surface area contributed by atoms with E-state index in [0.29, 0.717) is 0 Å². The first-order valence-corrected chi connectivity index (χ1v) is 12.0. The number of hydrogen-bond donors (Lipinski definition) is 4. The maximum Gasteiger partial charge on any atom is 0.248 e. The van der Waals surface area contributed by atoms with Crippen molar-refractivity contribution in [2.75, 3.05) is 13.2 Å². The summed E-state index contributed by atoms with van der Waals surface area (Å²) in [5, 5.41) is 10.1. The Balaban J connectivity index is 1.95. The third-order valence-electron chi connectivity index (χ3n) is 4.68. The highest BCUT2D eigenvalue weighted by molar-refractivity contribution is 7.58. The van der Waals surface area contributed by atoms with E-state index in [2.05, 4.69) is 12.6 Å². The van der Waals surface area contributed by atoms with Crippen LogP contribution in [0.15, 0.2) is 0 Å². The largest absolute Gasteiger partial charge is 0.390 e. The van der Waals surface area contributed by atoms with Crippen molar-refractivity contribution in [3.63, 3.8) is 0 Å². The molecule has 9 nitrogen and oxygen atoms in total. The summed E-state index contributed by atoms with van der Waals surface area (Å²) >= 11 is 0. The zero-order valence-electron chi connectivity index (χ0n) is 15.3. The second-order valence-corrected chi connectivity index (χ2v) is 10.3. The van der Waals surface area contributed by atoms with E-state index in [-0.39, 0.29) is 25.0 Å². The molecule has 2 saturated heterocycles. The van der Waals surface area contributed by atoms with Gasteiger partial charge in [-0.1, -0.05) is 13.8 Å². The monoisotopic (exact) mass is 422 g/mol. The van der Waals surface area contributed by atoms with Crippen LogP contribution in [-0.4, -0.2) is 97.7 Å². The van der Waals surface area contributed by atoms with E-state index in [1.165, 1.54) is 0 Å². The second kappa shape index (κ2) is 9.02. The molecule has 0 saturated carbocycles. The molecule has 2 heterocycles. The van der Waals surface area contributed by atoms with Gasteiger partial charge in [0.1, 0.15) is 27.9 Å². The molecule has 152 valence electrons. The van der Waals surface area contributed by atoms with Crippen LogP contribution in [0.4, 0.5) is 0 Å². The van der Waals surface area contributed by atoms with E-state index in [4.69, 9.17) is 38.7 Å². The third-order valence-corrected chi connectivity index (χ3v) is 6.37. The lowest BCUT2D eigenvalue weighted by atomic mass is 9.86. The lowest BCUT2D eigenvalue weighted by Gasteiger charge is -2.29. The summed E-state index contributed by atoms with van der Waals surface area (Å²) in [5.41, 5.74) is 0. The predicted molar refractivity (Wildman–Crippen MR) is 105 cm³/mol. The summed E-state index contributed by atoms with van der Waals surface area (Å²) < 4.78 is 26.8. The number of hydrogen-bond acceptors (Lipinski definition) is 9. The molecule has 0 aromatic carbocycles. The van der Waals surface area contributed by atoms with E-state index in [9.17, 15) is 19.8 Å². The Morgan fingerprint density at radius 3 is 1.96 bits per heavy atom. The fourth-order valence-electron chi connectivity index (χ4n) is 2.91. The summed E-state index contributed by atoms with van der Waals surface area (Å²) in [6.07, 6.45) is 3.57. The molecule has 4 radical (unpaired) electrons. The zero-order valence-corrected chi connectivity index (χ0v) is 17.1. The van der Waals surface area contributed by atoms with E-state index < -0.39 is 51.6 Å². The Bertz CT molecular complexity index is 603. The maximum absolute atomic E-state index is 10.4. The van der Waals surface area contributed by atoms with Gasteiger partial charge in [-0.2, -0.15) is 0 Å². The smallest absolute Gasteiger partial charge is 0.248 e. The van der Waals surface area contributed by atoms with Gasteiger partial charge in [-0.25, -0.2) is 0 Å². The normalized spacial score (nSPS) is 42.3. The average molecular weight is 422 g/mol. The van der Waals surface area contributed by atoms with Crippen LogP contribution >= 0.6 is 15.1 Å². The second-order valence-electron chi connectivity index (χ2n) is 6.95. The van der Waals surface area contributed by atoms with Gasteiger partial charge < -0.3 is 42.8 Å². The van der Waals surface area contributed by atoms with E-state index in [1.807, 2.05) is 0 Å². The average Bonchev–Trinajstić information content (AvgIpc) is 2.95. The fraction of sp³-hybridized carbons (Fsp3) is 0.857. The topological polar surface area (TPSA) is 127 Å². The first-order chi connectivity index (χ1) is 12.3. The van der Waals surface area contributed by atoms with Gasteiger partial charge in [0, 0.05) is 23.8 Å². The Hall–Kier alpha value is 0.370. The predicted octanol–water partition coefficient (Wildman–Crippen LogP) is -0.809. The number of aliphatic hydroxyl groups excluding tert-OH is 1. The molecule has 0 aromatic heterocycles. The molecular formula is C14H26B2O9P2. The van der Waals surface area contributed by atoms with Gasteiger partial charge in [0.25, 0.3) is 0 Å². The van der Waals surface area contributed by atoms with Crippen molar-refractivity contribution in [3.8, 4) is 0 Å². The van der Waals surface area contributed by atoms with Gasteiger partial charge in [-0.15, -0.1) is 0 Å². The summed E-state index contributed by atoms with van der Waals surface area (Å²) in [6, 6.07) is -1.34. The van der Waals surface area contributed by atoms with Gasteiger partial charge in [0.2, 0.25) is 15.1 Å². The molecule has 2 rings (SSSR count). The Kier molecular flexibility index (Phi) is 7.90. The lowest BCUT2D eigenvalue weighted by molar-refractivity contribution is -0.0173. The van der Waals surface area contributed by atoms with E-state index in [0.717, 1.165) is 0 Å².